The molecule has 2 aliphatic heterocycles. The van der Waals surface area contributed by atoms with E-state index in [1.807, 2.05) is 0 Å². The van der Waals surface area contributed by atoms with Crippen LogP contribution in [0.1, 0.15) is 40.0 Å². The van der Waals surface area contributed by atoms with E-state index in [0.29, 0.717) is 0 Å². The Labute approximate surface area is 107 Å². The maximum absolute atomic E-state index is 4.09. The van der Waals surface area contributed by atoms with Crippen LogP contribution in [0.15, 0.2) is 12.2 Å². The van der Waals surface area contributed by atoms with Crippen molar-refractivity contribution in [3.8, 4) is 0 Å². The molecule has 0 radical (unpaired) electrons. The monoisotopic (exact) mass is 236 g/mol. The Kier molecular flexibility index (Phi) is 4.26. The molecule has 0 aromatic heterocycles. The standard InChI is InChI=1S/C15H28N2/c1-12(2)9-17-10-14-7-5-6-8-16(14)11-15(17)13(3)4/h13-15H,1,5-11H2,2-4H3. The largest absolute Gasteiger partial charge is 0.298 e. The predicted octanol–water partition coefficient (Wildman–Crippen LogP) is 2.76. The number of hydrogen-bond acceptors (Lipinski definition) is 2. The van der Waals surface area contributed by atoms with Crippen LogP contribution in [0.3, 0.4) is 0 Å². The van der Waals surface area contributed by atoms with Gasteiger partial charge in [-0.05, 0) is 32.2 Å². The van der Waals surface area contributed by atoms with Crippen molar-refractivity contribution >= 4 is 0 Å². The summed E-state index contributed by atoms with van der Waals surface area (Å²) in [6.07, 6.45) is 4.23. The first-order valence-electron chi connectivity index (χ1n) is 7.20. The number of fused-ring (bicyclic) bond motifs is 1. The Bertz CT molecular complexity index is 272. The second-order valence-electron chi connectivity index (χ2n) is 6.34. The Balaban J connectivity index is 2.04. The van der Waals surface area contributed by atoms with E-state index in [9.17, 15) is 0 Å². The van der Waals surface area contributed by atoms with Crippen molar-refractivity contribution in [2.75, 3.05) is 26.2 Å². The molecule has 2 saturated heterocycles. The lowest BCUT2D eigenvalue weighted by Gasteiger charge is -2.50. The summed E-state index contributed by atoms with van der Waals surface area (Å²) >= 11 is 0. The molecule has 2 heteroatoms. The van der Waals surface area contributed by atoms with Crippen molar-refractivity contribution in [2.45, 2.75) is 52.1 Å². The van der Waals surface area contributed by atoms with Gasteiger partial charge in [0.25, 0.3) is 0 Å². The maximum Gasteiger partial charge on any atom is 0.0250 e. The Hall–Kier alpha value is -0.340. The van der Waals surface area contributed by atoms with Crippen LogP contribution < -0.4 is 0 Å². The van der Waals surface area contributed by atoms with Crippen molar-refractivity contribution in [2.24, 2.45) is 5.92 Å². The van der Waals surface area contributed by atoms with E-state index < -0.39 is 0 Å². The normalized spacial score (nSPS) is 31.5. The SMILES string of the molecule is C=C(C)CN1CC2CCCCN2CC1C(C)C. The lowest BCUT2D eigenvalue weighted by molar-refractivity contribution is -0.00245. The summed E-state index contributed by atoms with van der Waals surface area (Å²) in [7, 11) is 0. The molecule has 2 fully saturated rings. The van der Waals surface area contributed by atoms with Gasteiger partial charge in [-0.3, -0.25) is 9.80 Å². The van der Waals surface area contributed by atoms with E-state index in [1.54, 1.807) is 0 Å². The smallest absolute Gasteiger partial charge is 0.0250 e. The van der Waals surface area contributed by atoms with Gasteiger partial charge in [-0.25, -0.2) is 0 Å². The van der Waals surface area contributed by atoms with E-state index >= 15 is 0 Å². The van der Waals surface area contributed by atoms with Gasteiger partial charge in [0.2, 0.25) is 0 Å². The van der Waals surface area contributed by atoms with Gasteiger partial charge in [0.05, 0.1) is 0 Å². The highest BCUT2D eigenvalue weighted by Crippen LogP contribution is 2.27. The summed E-state index contributed by atoms with van der Waals surface area (Å²) in [5, 5.41) is 0. The van der Waals surface area contributed by atoms with E-state index in [2.05, 4.69) is 37.1 Å². The van der Waals surface area contributed by atoms with Gasteiger partial charge in [0, 0.05) is 31.7 Å². The Morgan fingerprint density at radius 2 is 2.06 bits per heavy atom. The van der Waals surface area contributed by atoms with Crippen molar-refractivity contribution in [3.63, 3.8) is 0 Å². The van der Waals surface area contributed by atoms with E-state index in [-0.39, 0.29) is 0 Å². The summed E-state index contributed by atoms with van der Waals surface area (Å²) in [6.45, 7) is 15.9. The molecule has 2 atom stereocenters. The van der Waals surface area contributed by atoms with Crippen LogP contribution in [0, 0.1) is 5.92 Å². The zero-order valence-corrected chi connectivity index (χ0v) is 11.8. The molecule has 17 heavy (non-hydrogen) atoms. The fourth-order valence-electron chi connectivity index (χ4n) is 3.43. The molecule has 0 aromatic rings. The summed E-state index contributed by atoms with van der Waals surface area (Å²) < 4.78 is 0. The summed E-state index contributed by atoms with van der Waals surface area (Å²) in [6, 6.07) is 1.54. The number of hydrogen-bond donors (Lipinski definition) is 0. The second kappa shape index (κ2) is 5.53. The van der Waals surface area contributed by atoms with Crippen LogP contribution in [0.2, 0.25) is 0 Å². The molecule has 0 aromatic carbocycles. The fraction of sp³-hybridized carbons (Fsp3) is 0.867. The molecule has 0 spiro atoms. The quantitative estimate of drug-likeness (QED) is 0.695. The van der Waals surface area contributed by atoms with Crippen LogP contribution in [-0.2, 0) is 0 Å². The summed E-state index contributed by atoms with van der Waals surface area (Å²) in [5.74, 6) is 0.747. The highest BCUT2D eigenvalue weighted by atomic mass is 15.3. The third-order valence-electron chi connectivity index (χ3n) is 4.33. The van der Waals surface area contributed by atoms with E-state index in [0.717, 1.165) is 24.5 Å². The molecule has 0 aliphatic carbocycles. The van der Waals surface area contributed by atoms with Gasteiger partial charge in [0.15, 0.2) is 0 Å². The van der Waals surface area contributed by atoms with Crippen LogP contribution in [-0.4, -0.2) is 48.1 Å². The first-order chi connectivity index (χ1) is 8.08. The van der Waals surface area contributed by atoms with Gasteiger partial charge in [-0.15, -0.1) is 0 Å². The van der Waals surface area contributed by atoms with Gasteiger partial charge in [-0.1, -0.05) is 32.4 Å². The van der Waals surface area contributed by atoms with Gasteiger partial charge < -0.3 is 0 Å². The van der Waals surface area contributed by atoms with Crippen LogP contribution in [0.4, 0.5) is 0 Å². The molecule has 2 nitrogen and oxygen atoms in total. The van der Waals surface area contributed by atoms with Crippen molar-refractivity contribution in [1.29, 1.82) is 0 Å². The lowest BCUT2D eigenvalue weighted by Crippen LogP contribution is -2.61. The molecular formula is C15H28N2. The minimum Gasteiger partial charge on any atom is -0.298 e. The van der Waals surface area contributed by atoms with Gasteiger partial charge >= 0.3 is 0 Å². The second-order valence-corrected chi connectivity index (χ2v) is 6.34. The van der Waals surface area contributed by atoms with Crippen molar-refractivity contribution < 1.29 is 0 Å². The van der Waals surface area contributed by atoms with Crippen LogP contribution >= 0.6 is 0 Å². The lowest BCUT2D eigenvalue weighted by atomic mass is 9.92. The molecule has 98 valence electrons. The average Bonchev–Trinajstić information content (AvgIpc) is 2.27. The number of piperazine rings is 1. The van der Waals surface area contributed by atoms with Crippen molar-refractivity contribution in [3.05, 3.63) is 12.2 Å². The highest BCUT2D eigenvalue weighted by molar-refractivity contribution is 4.99. The molecule has 0 saturated carbocycles. The highest BCUT2D eigenvalue weighted by Gasteiger charge is 2.35. The third kappa shape index (κ3) is 3.11. The van der Waals surface area contributed by atoms with Crippen molar-refractivity contribution in [1.82, 2.24) is 9.80 Å². The molecule has 0 amide bonds. The molecule has 0 bridgehead atoms. The molecule has 0 N–H and O–H groups in total. The molecular weight excluding hydrogens is 208 g/mol. The molecule has 2 rings (SSSR count). The molecule has 2 aliphatic rings. The zero-order chi connectivity index (χ0) is 12.4. The third-order valence-corrected chi connectivity index (χ3v) is 4.33. The number of piperidine rings is 1. The Morgan fingerprint density at radius 1 is 1.29 bits per heavy atom. The predicted molar refractivity (Wildman–Crippen MR) is 74.2 cm³/mol. The van der Waals surface area contributed by atoms with Crippen LogP contribution in [0.25, 0.3) is 0 Å². The summed E-state index contributed by atoms with van der Waals surface area (Å²) in [4.78, 5) is 5.42. The molecule has 2 heterocycles. The Morgan fingerprint density at radius 3 is 2.71 bits per heavy atom. The van der Waals surface area contributed by atoms with Crippen LogP contribution in [0.5, 0.6) is 0 Å². The number of nitrogens with zero attached hydrogens (tertiary/aromatic N) is 2. The molecule has 2 unspecified atom stereocenters. The number of rotatable bonds is 3. The maximum atomic E-state index is 4.09. The van der Waals surface area contributed by atoms with E-state index in [1.165, 1.54) is 44.5 Å². The summed E-state index contributed by atoms with van der Waals surface area (Å²) in [5.41, 5.74) is 1.31. The van der Waals surface area contributed by atoms with Gasteiger partial charge in [0.1, 0.15) is 0 Å². The topological polar surface area (TPSA) is 6.48 Å². The fourth-order valence-corrected chi connectivity index (χ4v) is 3.43. The minimum atomic E-state index is 0.723. The first kappa shape index (κ1) is 13.1. The minimum absolute atomic E-state index is 0.723. The zero-order valence-electron chi connectivity index (χ0n) is 11.8. The average molecular weight is 236 g/mol. The van der Waals surface area contributed by atoms with E-state index in [4.69, 9.17) is 0 Å². The van der Waals surface area contributed by atoms with Gasteiger partial charge in [-0.2, -0.15) is 0 Å². The first-order valence-corrected chi connectivity index (χ1v) is 7.20.